The number of unbranched alkanes of at least 4 members (excludes halogenated alkanes) is 1. The SMILES string of the molecule is Oc1ccccc1C1CCCCC1NCCCCc1ccccc1. The summed E-state index contributed by atoms with van der Waals surface area (Å²) in [5.74, 6) is 0.911. The first-order valence-electron chi connectivity index (χ1n) is 9.40. The third kappa shape index (κ3) is 4.61. The quantitative estimate of drug-likeness (QED) is 0.700. The summed E-state index contributed by atoms with van der Waals surface area (Å²) in [6, 6.07) is 19.1. The average molecular weight is 323 g/mol. The Kier molecular flexibility index (Phi) is 6.31. The van der Waals surface area contributed by atoms with Gasteiger partial charge in [0.15, 0.2) is 0 Å². The molecule has 2 N–H and O–H groups in total. The van der Waals surface area contributed by atoms with Crippen LogP contribution in [-0.2, 0) is 6.42 Å². The molecule has 2 unspecified atom stereocenters. The number of nitrogens with one attached hydrogen (secondary N) is 1. The van der Waals surface area contributed by atoms with Gasteiger partial charge >= 0.3 is 0 Å². The summed E-state index contributed by atoms with van der Waals surface area (Å²) >= 11 is 0. The van der Waals surface area contributed by atoms with Crippen LogP contribution in [0.5, 0.6) is 5.75 Å². The zero-order chi connectivity index (χ0) is 16.6. The van der Waals surface area contributed by atoms with E-state index in [4.69, 9.17) is 0 Å². The maximum absolute atomic E-state index is 10.2. The van der Waals surface area contributed by atoms with Gasteiger partial charge in [0.05, 0.1) is 0 Å². The number of aromatic hydroxyl groups is 1. The number of phenols is 1. The molecule has 3 rings (SSSR count). The molecule has 0 aliphatic heterocycles. The summed E-state index contributed by atoms with van der Waals surface area (Å²) in [7, 11) is 0. The van der Waals surface area contributed by atoms with Gasteiger partial charge in [-0.3, -0.25) is 0 Å². The molecule has 24 heavy (non-hydrogen) atoms. The molecular formula is C22H29NO. The van der Waals surface area contributed by atoms with Gasteiger partial charge in [-0.2, -0.15) is 0 Å². The molecule has 2 aromatic carbocycles. The monoisotopic (exact) mass is 323 g/mol. The highest BCUT2D eigenvalue weighted by atomic mass is 16.3. The van der Waals surface area contributed by atoms with Crippen LogP contribution in [0.15, 0.2) is 54.6 Å². The third-order valence-electron chi connectivity index (χ3n) is 5.24. The van der Waals surface area contributed by atoms with Gasteiger partial charge in [-0.05, 0) is 55.8 Å². The van der Waals surface area contributed by atoms with Crippen molar-refractivity contribution in [2.45, 2.75) is 56.9 Å². The van der Waals surface area contributed by atoms with Crippen molar-refractivity contribution in [1.29, 1.82) is 0 Å². The fourth-order valence-electron chi connectivity index (χ4n) is 3.93. The molecule has 2 nitrogen and oxygen atoms in total. The molecule has 1 fully saturated rings. The van der Waals surface area contributed by atoms with Crippen molar-refractivity contribution in [3.8, 4) is 5.75 Å². The summed E-state index contributed by atoms with van der Waals surface area (Å²) in [5.41, 5.74) is 2.56. The second-order valence-corrected chi connectivity index (χ2v) is 6.95. The van der Waals surface area contributed by atoms with E-state index in [2.05, 4.69) is 41.7 Å². The molecule has 2 aromatic rings. The van der Waals surface area contributed by atoms with Crippen molar-refractivity contribution in [3.05, 3.63) is 65.7 Å². The summed E-state index contributed by atoms with van der Waals surface area (Å²) in [5, 5.41) is 14.0. The summed E-state index contributed by atoms with van der Waals surface area (Å²) < 4.78 is 0. The number of rotatable bonds is 7. The van der Waals surface area contributed by atoms with Crippen molar-refractivity contribution in [1.82, 2.24) is 5.32 Å². The van der Waals surface area contributed by atoms with Crippen molar-refractivity contribution in [2.75, 3.05) is 6.54 Å². The molecule has 0 aromatic heterocycles. The van der Waals surface area contributed by atoms with Crippen LogP contribution in [0.3, 0.4) is 0 Å². The number of benzene rings is 2. The van der Waals surface area contributed by atoms with Crippen LogP contribution in [0.25, 0.3) is 0 Å². The lowest BCUT2D eigenvalue weighted by Gasteiger charge is -2.33. The number of phenolic OH excluding ortho intramolecular Hbond substituents is 1. The standard InChI is InChI=1S/C22H29NO/c24-22-16-7-5-14-20(22)19-13-4-6-15-21(19)23-17-9-8-12-18-10-2-1-3-11-18/h1-3,5,7,10-11,14,16,19,21,23-24H,4,6,8-9,12-13,15,17H2. The van der Waals surface area contributed by atoms with Crippen LogP contribution in [0.1, 0.15) is 55.6 Å². The molecule has 1 saturated carbocycles. The molecule has 0 bridgehead atoms. The number of hydrogen-bond acceptors (Lipinski definition) is 2. The van der Waals surface area contributed by atoms with Crippen LogP contribution in [0, 0.1) is 0 Å². The first-order valence-corrected chi connectivity index (χ1v) is 9.40. The van der Waals surface area contributed by atoms with Crippen molar-refractivity contribution < 1.29 is 5.11 Å². The van der Waals surface area contributed by atoms with Crippen molar-refractivity contribution in [2.24, 2.45) is 0 Å². The Morgan fingerprint density at radius 3 is 2.46 bits per heavy atom. The van der Waals surface area contributed by atoms with E-state index in [-0.39, 0.29) is 0 Å². The molecule has 1 aliphatic rings. The summed E-state index contributed by atoms with van der Waals surface area (Å²) in [6.45, 7) is 1.07. The van der Waals surface area contributed by atoms with Crippen LogP contribution in [0.2, 0.25) is 0 Å². The Morgan fingerprint density at radius 2 is 1.62 bits per heavy atom. The zero-order valence-corrected chi connectivity index (χ0v) is 14.5. The predicted octanol–water partition coefficient (Wildman–Crippen LogP) is 5.03. The first-order chi connectivity index (χ1) is 11.8. The van der Waals surface area contributed by atoms with E-state index in [1.165, 1.54) is 44.1 Å². The van der Waals surface area contributed by atoms with Crippen molar-refractivity contribution >= 4 is 0 Å². The Labute approximate surface area is 145 Å². The van der Waals surface area contributed by atoms with Crippen LogP contribution in [-0.4, -0.2) is 17.7 Å². The Bertz CT molecular complexity index is 610. The van der Waals surface area contributed by atoms with Gasteiger partial charge in [-0.25, -0.2) is 0 Å². The molecule has 0 amide bonds. The summed E-state index contributed by atoms with van der Waals surface area (Å²) in [4.78, 5) is 0. The normalized spacial score (nSPS) is 20.8. The van der Waals surface area contributed by atoms with E-state index in [0.29, 0.717) is 17.7 Å². The van der Waals surface area contributed by atoms with Crippen LogP contribution in [0.4, 0.5) is 0 Å². The van der Waals surface area contributed by atoms with Gasteiger partial charge in [-0.1, -0.05) is 61.4 Å². The molecule has 1 aliphatic carbocycles. The highest BCUT2D eigenvalue weighted by molar-refractivity contribution is 5.36. The second kappa shape index (κ2) is 8.89. The van der Waals surface area contributed by atoms with Gasteiger partial charge in [0, 0.05) is 12.0 Å². The Morgan fingerprint density at radius 1 is 0.875 bits per heavy atom. The predicted molar refractivity (Wildman–Crippen MR) is 100 cm³/mol. The lowest BCUT2D eigenvalue weighted by molar-refractivity contribution is 0.318. The van der Waals surface area contributed by atoms with Gasteiger partial charge in [0.1, 0.15) is 5.75 Å². The van der Waals surface area contributed by atoms with Crippen LogP contribution >= 0.6 is 0 Å². The topological polar surface area (TPSA) is 32.3 Å². The minimum Gasteiger partial charge on any atom is -0.508 e. The van der Waals surface area contributed by atoms with E-state index in [0.717, 1.165) is 18.5 Å². The van der Waals surface area contributed by atoms with E-state index in [9.17, 15) is 5.11 Å². The number of aryl methyl sites for hydroxylation is 1. The molecule has 2 atom stereocenters. The molecule has 128 valence electrons. The fraction of sp³-hybridized carbons (Fsp3) is 0.455. The minimum atomic E-state index is 0.453. The van der Waals surface area contributed by atoms with E-state index < -0.39 is 0 Å². The number of para-hydroxylation sites is 1. The molecule has 0 heterocycles. The Balaban J connectivity index is 1.47. The molecule has 0 spiro atoms. The highest BCUT2D eigenvalue weighted by Crippen LogP contribution is 2.37. The lowest BCUT2D eigenvalue weighted by Crippen LogP contribution is -2.37. The van der Waals surface area contributed by atoms with E-state index >= 15 is 0 Å². The van der Waals surface area contributed by atoms with Gasteiger partial charge in [0.25, 0.3) is 0 Å². The maximum atomic E-state index is 10.2. The first kappa shape index (κ1) is 17.0. The second-order valence-electron chi connectivity index (χ2n) is 6.95. The van der Waals surface area contributed by atoms with E-state index in [1.54, 1.807) is 0 Å². The minimum absolute atomic E-state index is 0.453. The zero-order valence-electron chi connectivity index (χ0n) is 14.5. The number of hydrogen-bond donors (Lipinski definition) is 2. The maximum Gasteiger partial charge on any atom is 0.119 e. The molecular weight excluding hydrogens is 294 g/mol. The average Bonchev–Trinajstić information content (AvgIpc) is 2.63. The molecule has 0 radical (unpaired) electrons. The Hall–Kier alpha value is -1.80. The summed E-state index contributed by atoms with van der Waals surface area (Å²) in [6.07, 6.45) is 8.56. The van der Waals surface area contributed by atoms with Gasteiger partial charge in [0.2, 0.25) is 0 Å². The van der Waals surface area contributed by atoms with Crippen LogP contribution < -0.4 is 5.32 Å². The largest absolute Gasteiger partial charge is 0.508 e. The van der Waals surface area contributed by atoms with Crippen molar-refractivity contribution in [3.63, 3.8) is 0 Å². The smallest absolute Gasteiger partial charge is 0.119 e. The lowest BCUT2D eigenvalue weighted by atomic mass is 9.79. The van der Waals surface area contributed by atoms with Gasteiger partial charge in [-0.15, -0.1) is 0 Å². The van der Waals surface area contributed by atoms with Gasteiger partial charge < -0.3 is 10.4 Å². The third-order valence-corrected chi connectivity index (χ3v) is 5.24. The molecule has 2 heteroatoms. The highest BCUT2D eigenvalue weighted by Gasteiger charge is 2.27. The van der Waals surface area contributed by atoms with E-state index in [1.807, 2.05) is 18.2 Å². The molecule has 0 saturated heterocycles. The fourth-order valence-corrected chi connectivity index (χ4v) is 3.93.